The van der Waals surface area contributed by atoms with Gasteiger partial charge in [0.25, 0.3) is 0 Å². The summed E-state index contributed by atoms with van der Waals surface area (Å²) in [7, 11) is 0. The Labute approximate surface area is 330 Å². The third-order valence-electron chi connectivity index (χ3n) is 14.0. The average Bonchev–Trinajstić information content (AvgIpc) is 4.18. The van der Waals surface area contributed by atoms with Crippen molar-refractivity contribution < 1.29 is 28.8 Å². The van der Waals surface area contributed by atoms with Crippen molar-refractivity contribution in [3.05, 3.63) is 95.1 Å². The molecule has 1 N–H and O–H groups in total. The zero-order chi connectivity index (χ0) is 37.5. The number of benzene rings is 3. The van der Waals surface area contributed by atoms with Gasteiger partial charge < -0.3 is 28.8 Å². The number of aryl methyl sites for hydroxylation is 1. The Bertz CT molecular complexity index is 1590. The SMILES string of the molecule is CC(CC1CO1)OC1CCC(C2(c3ccc(OCC(O)CCCc4ccc(C5(c6ccc(OCC7CO7)cc6)CCCCC5)cc4)cc3)CCCCC2)CC1. The number of ether oxygens (including phenoxy) is 5. The van der Waals surface area contributed by atoms with E-state index in [1.54, 1.807) is 0 Å². The van der Waals surface area contributed by atoms with Crippen molar-refractivity contribution in [3.63, 3.8) is 0 Å². The molecule has 55 heavy (non-hydrogen) atoms. The van der Waals surface area contributed by atoms with Crippen molar-refractivity contribution in [1.82, 2.24) is 0 Å². The Morgan fingerprint density at radius 1 is 0.673 bits per heavy atom. The van der Waals surface area contributed by atoms with E-state index in [1.807, 2.05) is 0 Å². The molecule has 298 valence electrons. The molecule has 6 nitrogen and oxygen atoms in total. The maximum absolute atomic E-state index is 10.9. The van der Waals surface area contributed by atoms with Gasteiger partial charge in [0.1, 0.15) is 30.8 Å². The first-order valence-electron chi connectivity index (χ1n) is 22.1. The first-order chi connectivity index (χ1) is 27.0. The van der Waals surface area contributed by atoms with Gasteiger partial charge in [0.05, 0.1) is 37.6 Å². The van der Waals surface area contributed by atoms with Gasteiger partial charge in [-0.25, -0.2) is 0 Å². The third kappa shape index (κ3) is 9.98. The number of epoxide rings is 2. The minimum Gasteiger partial charge on any atom is -0.491 e. The Morgan fingerprint density at radius 3 is 1.85 bits per heavy atom. The van der Waals surface area contributed by atoms with Gasteiger partial charge in [-0.1, -0.05) is 87.1 Å². The lowest BCUT2D eigenvalue weighted by Crippen LogP contribution is -2.40. The van der Waals surface area contributed by atoms with Crippen LogP contribution in [0.25, 0.3) is 0 Å². The second-order valence-corrected chi connectivity index (χ2v) is 17.8. The van der Waals surface area contributed by atoms with Crippen LogP contribution in [-0.2, 0) is 31.5 Å². The number of hydrogen-bond donors (Lipinski definition) is 1. The van der Waals surface area contributed by atoms with E-state index in [1.165, 1.54) is 112 Å². The first-order valence-corrected chi connectivity index (χ1v) is 22.1. The number of aliphatic hydroxyl groups excluding tert-OH is 1. The molecule has 6 heteroatoms. The summed E-state index contributed by atoms with van der Waals surface area (Å²) in [6.45, 7) is 4.92. The van der Waals surface area contributed by atoms with Crippen LogP contribution < -0.4 is 9.47 Å². The highest BCUT2D eigenvalue weighted by molar-refractivity contribution is 5.43. The molecule has 4 unspecified atom stereocenters. The molecule has 8 rings (SSSR count). The van der Waals surface area contributed by atoms with Gasteiger partial charge in [0, 0.05) is 11.8 Å². The zero-order valence-corrected chi connectivity index (χ0v) is 33.4. The topological polar surface area (TPSA) is 73.0 Å². The lowest BCUT2D eigenvalue weighted by molar-refractivity contribution is -0.0420. The summed E-state index contributed by atoms with van der Waals surface area (Å²) < 4.78 is 29.3. The molecule has 3 aromatic carbocycles. The zero-order valence-electron chi connectivity index (χ0n) is 33.4. The van der Waals surface area contributed by atoms with E-state index in [0.29, 0.717) is 31.5 Å². The van der Waals surface area contributed by atoms with Crippen molar-refractivity contribution in [2.75, 3.05) is 26.4 Å². The van der Waals surface area contributed by atoms with E-state index < -0.39 is 6.10 Å². The highest BCUT2D eigenvalue weighted by Crippen LogP contribution is 2.51. The van der Waals surface area contributed by atoms with Gasteiger partial charge in [-0.15, -0.1) is 0 Å². The predicted octanol–water partition coefficient (Wildman–Crippen LogP) is 10.4. The summed E-state index contributed by atoms with van der Waals surface area (Å²) in [4.78, 5) is 0. The Hall–Kier alpha value is -2.90. The van der Waals surface area contributed by atoms with E-state index in [-0.39, 0.29) is 16.9 Å². The molecule has 2 saturated heterocycles. The molecule has 0 radical (unpaired) electrons. The maximum atomic E-state index is 10.9. The Kier molecular flexibility index (Phi) is 12.8. The fourth-order valence-corrected chi connectivity index (χ4v) is 10.6. The number of hydrogen-bond acceptors (Lipinski definition) is 6. The van der Waals surface area contributed by atoms with Crippen LogP contribution in [0.5, 0.6) is 11.5 Å². The molecule has 2 heterocycles. The minimum absolute atomic E-state index is 0.0660. The van der Waals surface area contributed by atoms with Crippen molar-refractivity contribution in [2.45, 2.75) is 164 Å². The molecule has 3 aromatic rings. The molecule has 5 fully saturated rings. The van der Waals surface area contributed by atoms with Gasteiger partial charge in [-0.2, -0.15) is 0 Å². The quantitative estimate of drug-likeness (QED) is 0.131. The molecular weight excluding hydrogens is 685 g/mol. The van der Waals surface area contributed by atoms with Gasteiger partial charge in [-0.3, -0.25) is 0 Å². The molecule has 0 bridgehead atoms. The molecule has 0 spiro atoms. The van der Waals surface area contributed by atoms with E-state index >= 15 is 0 Å². The second kappa shape index (κ2) is 18.1. The summed E-state index contributed by atoms with van der Waals surface area (Å²) in [6.07, 6.45) is 22.3. The van der Waals surface area contributed by atoms with Crippen LogP contribution in [0.15, 0.2) is 72.8 Å². The highest BCUT2D eigenvalue weighted by Gasteiger charge is 2.43. The van der Waals surface area contributed by atoms with Crippen LogP contribution >= 0.6 is 0 Å². The normalized spacial score (nSPS) is 26.8. The van der Waals surface area contributed by atoms with Crippen molar-refractivity contribution in [3.8, 4) is 11.5 Å². The Morgan fingerprint density at radius 2 is 1.24 bits per heavy atom. The van der Waals surface area contributed by atoms with Crippen molar-refractivity contribution >= 4 is 0 Å². The van der Waals surface area contributed by atoms with Gasteiger partial charge in [-0.05, 0) is 135 Å². The van der Waals surface area contributed by atoms with E-state index in [0.717, 1.165) is 56.3 Å². The molecule has 3 aliphatic carbocycles. The van der Waals surface area contributed by atoms with Gasteiger partial charge in [0.2, 0.25) is 0 Å². The van der Waals surface area contributed by atoms with Crippen molar-refractivity contribution in [1.29, 1.82) is 0 Å². The average molecular weight is 751 g/mol. The number of aliphatic hydroxyl groups is 1. The van der Waals surface area contributed by atoms with Gasteiger partial charge in [0.15, 0.2) is 0 Å². The molecule has 0 aromatic heterocycles. The summed E-state index contributed by atoms with van der Waals surface area (Å²) >= 11 is 0. The maximum Gasteiger partial charge on any atom is 0.119 e. The Balaban J connectivity index is 0.797. The number of rotatable bonds is 18. The standard InChI is InChI=1S/C49H66O6/c1-36(31-46-33-53-46)55-45-25-19-41(20-26-45)49(29-6-3-7-30-49)40-15-21-43(22-16-40)51-32-42(50)10-8-9-37-11-13-38(14-12-37)48(27-4-2-5-28-48)39-17-23-44(24-18-39)52-34-47-35-54-47/h11-18,21-24,36,41-42,45-47,50H,2-10,19-20,25-35H2,1H3. The lowest BCUT2D eigenvalue weighted by atomic mass is 9.58. The molecular formula is C49H66O6. The molecule has 0 amide bonds. The smallest absolute Gasteiger partial charge is 0.119 e. The summed E-state index contributed by atoms with van der Waals surface area (Å²) in [6, 6.07) is 27.2. The fraction of sp³-hybridized carbons (Fsp3) is 0.633. The monoisotopic (exact) mass is 750 g/mol. The van der Waals surface area contributed by atoms with Gasteiger partial charge >= 0.3 is 0 Å². The fourth-order valence-electron chi connectivity index (χ4n) is 10.6. The first kappa shape index (κ1) is 38.9. The summed E-state index contributed by atoms with van der Waals surface area (Å²) in [5.74, 6) is 2.51. The molecule has 3 saturated carbocycles. The van der Waals surface area contributed by atoms with Crippen LogP contribution in [0, 0.1) is 5.92 Å². The van der Waals surface area contributed by atoms with E-state index in [9.17, 15) is 5.11 Å². The summed E-state index contributed by atoms with van der Waals surface area (Å²) in [5.41, 5.74) is 5.99. The highest BCUT2D eigenvalue weighted by atomic mass is 16.6. The molecule has 5 aliphatic rings. The van der Waals surface area contributed by atoms with Crippen LogP contribution in [0.1, 0.15) is 138 Å². The largest absolute Gasteiger partial charge is 0.491 e. The second-order valence-electron chi connectivity index (χ2n) is 17.8. The predicted molar refractivity (Wildman–Crippen MR) is 218 cm³/mol. The van der Waals surface area contributed by atoms with E-state index in [2.05, 4.69) is 79.7 Å². The van der Waals surface area contributed by atoms with E-state index in [4.69, 9.17) is 23.7 Å². The van der Waals surface area contributed by atoms with Crippen LogP contribution in [-0.4, -0.2) is 62.1 Å². The third-order valence-corrected chi connectivity index (χ3v) is 14.0. The van der Waals surface area contributed by atoms with Crippen LogP contribution in [0.3, 0.4) is 0 Å². The lowest BCUT2D eigenvalue weighted by Gasteiger charge is -2.47. The van der Waals surface area contributed by atoms with Crippen LogP contribution in [0.2, 0.25) is 0 Å². The minimum atomic E-state index is -0.477. The van der Waals surface area contributed by atoms with Crippen molar-refractivity contribution in [2.24, 2.45) is 5.92 Å². The molecule has 2 aliphatic heterocycles. The summed E-state index contributed by atoms with van der Waals surface area (Å²) in [5, 5.41) is 10.9. The molecule has 4 atom stereocenters. The van der Waals surface area contributed by atoms with Crippen LogP contribution in [0.4, 0.5) is 0 Å².